The van der Waals surface area contributed by atoms with E-state index in [4.69, 9.17) is 19.4 Å². The molecule has 1 aliphatic carbocycles. The lowest BCUT2D eigenvalue weighted by atomic mass is 9.82. The van der Waals surface area contributed by atoms with Crippen molar-refractivity contribution in [3.8, 4) is 45.3 Å². The van der Waals surface area contributed by atoms with Gasteiger partial charge in [-0.3, -0.25) is 0 Å². The first-order chi connectivity index (χ1) is 23.0. The third-order valence-corrected chi connectivity index (χ3v) is 10.9. The summed E-state index contributed by atoms with van der Waals surface area (Å²) in [7, 11) is 0. The summed E-state index contributed by atoms with van der Waals surface area (Å²) in [6.45, 7) is 4.59. The van der Waals surface area contributed by atoms with E-state index in [1.807, 2.05) is 41.7 Å². The van der Waals surface area contributed by atoms with E-state index in [2.05, 4.69) is 111 Å². The summed E-state index contributed by atoms with van der Waals surface area (Å²) >= 11 is 1.81. The zero-order chi connectivity index (χ0) is 31.3. The molecular weight excluding hydrogens is 595 g/mol. The van der Waals surface area contributed by atoms with Gasteiger partial charge in [0.25, 0.3) is 0 Å². The first-order valence-electron chi connectivity index (χ1n) is 15.9. The summed E-state index contributed by atoms with van der Waals surface area (Å²) in [5.41, 5.74) is 9.59. The van der Waals surface area contributed by atoms with E-state index < -0.39 is 0 Å². The lowest BCUT2D eigenvalue weighted by Gasteiger charge is -2.21. The van der Waals surface area contributed by atoms with Crippen LogP contribution in [0.25, 0.3) is 87.4 Å². The maximum atomic E-state index is 6.57. The van der Waals surface area contributed by atoms with Gasteiger partial charge in [0.15, 0.2) is 17.5 Å². The number of aromatic nitrogens is 3. The molecule has 10 rings (SSSR count). The number of hydrogen-bond donors (Lipinski definition) is 0. The van der Waals surface area contributed by atoms with Crippen LogP contribution in [-0.2, 0) is 5.41 Å². The van der Waals surface area contributed by atoms with Crippen molar-refractivity contribution >= 4 is 53.4 Å². The van der Waals surface area contributed by atoms with E-state index in [0.717, 1.165) is 38.6 Å². The molecule has 9 aromatic rings. The first kappa shape index (κ1) is 26.6. The van der Waals surface area contributed by atoms with E-state index in [9.17, 15) is 0 Å². The maximum Gasteiger partial charge on any atom is 0.164 e. The van der Waals surface area contributed by atoms with Gasteiger partial charge in [-0.05, 0) is 64.7 Å². The topological polar surface area (TPSA) is 51.8 Å². The molecule has 0 bridgehead atoms. The van der Waals surface area contributed by atoms with Crippen LogP contribution in [0, 0.1) is 0 Å². The average molecular weight is 622 g/mol. The van der Waals surface area contributed by atoms with Crippen LogP contribution >= 0.6 is 11.3 Å². The standard InChI is InChI=1S/C42H27N3OS/c1-42(2)32-16-8-6-13-26(32)29-22-31-35(23-33(29)42)46-34-17-10-15-28(38(31)34)41-44-39(24-11-4-3-5-12-24)43-40(45-41)25-19-20-37-30(21-25)27-14-7-9-18-36(27)47-37/h3-23H,1-2H3. The van der Waals surface area contributed by atoms with Crippen molar-refractivity contribution in [1.29, 1.82) is 0 Å². The van der Waals surface area contributed by atoms with Crippen molar-refractivity contribution in [1.82, 2.24) is 15.0 Å². The molecule has 1 aliphatic rings. The number of hydrogen-bond acceptors (Lipinski definition) is 5. The Hall–Kier alpha value is -5.65. The number of furan rings is 1. The van der Waals surface area contributed by atoms with Gasteiger partial charge >= 0.3 is 0 Å². The van der Waals surface area contributed by atoms with Crippen LogP contribution < -0.4 is 0 Å². The quantitative estimate of drug-likeness (QED) is 0.197. The van der Waals surface area contributed by atoms with Gasteiger partial charge in [0.1, 0.15) is 11.2 Å². The molecule has 0 unspecified atom stereocenters. The first-order valence-corrected chi connectivity index (χ1v) is 16.7. The SMILES string of the molecule is CC1(C)c2ccccc2-c2cc3c(cc21)oc1cccc(-c2nc(-c4ccccc4)nc(-c4ccc5sc6ccccc6c5c4)n2)c13. The largest absolute Gasteiger partial charge is 0.456 e. The average Bonchev–Trinajstić information content (AvgIpc) is 3.75. The third-order valence-electron chi connectivity index (χ3n) is 9.74. The van der Waals surface area contributed by atoms with Crippen molar-refractivity contribution in [3.05, 3.63) is 139 Å². The van der Waals surface area contributed by atoms with Crippen LogP contribution in [0.15, 0.2) is 132 Å². The Morgan fingerprint density at radius 3 is 2.11 bits per heavy atom. The van der Waals surface area contributed by atoms with Gasteiger partial charge in [0.2, 0.25) is 0 Å². The fraction of sp³-hybridized carbons (Fsp3) is 0.0714. The Kier molecular flexibility index (Phi) is 5.47. The Morgan fingerprint density at radius 1 is 0.489 bits per heavy atom. The zero-order valence-electron chi connectivity index (χ0n) is 25.8. The Bertz CT molecular complexity index is 2720. The molecule has 0 saturated carbocycles. The second-order valence-corrected chi connectivity index (χ2v) is 13.9. The normalized spacial score (nSPS) is 13.5. The van der Waals surface area contributed by atoms with Gasteiger partial charge in [-0.1, -0.05) is 98.8 Å². The van der Waals surface area contributed by atoms with Gasteiger partial charge < -0.3 is 4.42 Å². The minimum atomic E-state index is -0.107. The minimum Gasteiger partial charge on any atom is -0.456 e. The van der Waals surface area contributed by atoms with E-state index in [0.29, 0.717) is 17.5 Å². The van der Waals surface area contributed by atoms with Crippen molar-refractivity contribution < 1.29 is 4.42 Å². The van der Waals surface area contributed by atoms with Crippen molar-refractivity contribution in [2.75, 3.05) is 0 Å². The van der Waals surface area contributed by atoms with E-state index in [1.54, 1.807) is 0 Å². The molecule has 3 heterocycles. The fourth-order valence-corrected chi connectivity index (χ4v) is 8.50. The van der Waals surface area contributed by atoms with Crippen molar-refractivity contribution in [2.45, 2.75) is 19.3 Å². The Balaban J connectivity index is 1.22. The van der Waals surface area contributed by atoms with Crippen LogP contribution in [0.3, 0.4) is 0 Å². The van der Waals surface area contributed by atoms with Gasteiger partial charge in [-0.2, -0.15) is 0 Å². The van der Waals surface area contributed by atoms with Gasteiger partial charge in [0, 0.05) is 53.1 Å². The molecule has 0 saturated heterocycles. The highest BCUT2D eigenvalue weighted by atomic mass is 32.1. The monoisotopic (exact) mass is 621 g/mol. The highest BCUT2D eigenvalue weighted by Crippen LogP contribution is 2.51. The second-order valence-electron chi connectivity index (χ2n) is 12.8. The molecule has 4 nitrogen and oxygen atoms in total. The molecule has 0 amide bonds. The number of fused-ring (bicyclic) bond motifs is 9. The highest BCUT2D eigenvalue weighted by Gasteiger charge is 2.36. The zero-order valence-corrected chi connectivity index (χ0v) is 26.6. The highest BCUT2D eigenvalue weighted by molar-refractivity contribution is 7.25. The van der Waals surface area contributed by atoms with Gasteiger partial charge in [0.05, 0.1) is 0 Å². The predicted octanol–water partition coefficient (Wildman–Crippen LogP) is 11.4. The summed E-state index contributed by atoms with van der Waals surface area (Å²) in [6.07, 6.45) is 0. The van der Waals surface area contributed by atoms with E-state index in [-0.39, 0.29) is 5.41 Å². The summed E-state index contributed by atoms with van der Waals surface area (Å²) < 4.78 is 9.10. The molecule has 0 N–H and O–H groups in total. The molecule has 0 radical (unpaired) electrons. The van der Waals surface area contributed by atoms with Crippen LogP contribution in [0.5, 0.6) is 0 Å². The van der Waals surface area contributed by atoms with Crippen molar-refractivity contribution in [2.24, 2.45) is 0 Å². The number of thiophene rings is 1. The molecule has 47 heavy (non-hydrogen) atoms. The molecule has 3 aromatic heterocycles. The van der Waals surface area contributed by atoms with Crippen molar-refractivity contribution in [3.63, 3.8) is 0 Å². The fourth-order valence-electron chi connectivity index (χ4n) is 7.41. The van der Waals surface area contributed by atoms with Gasteiger partial charge in [-0.25, -0.2) is 15.0 Å². The molecule has 6 aromatic carbocycles. The van der Waals surface area contributed by atoms with Gasteiger partial charge in [-0.15, -0.1) is 11.3 Å². The molecule has 0 aliphatic heterocycles. The molecular formula is C42H27N3OS. The van der Waals surface area contributed by atoms with E-state index in [1.165, 1.54) is 42.4 Å². The predicted molar refractivity (Wildman–Crippen MR) is 194 cm³/mol. The smallest absolute Gasteiger partial charge is 0.164 e. The molecule has 0 spiro atoms. The maximum absolute atomic E-state index is 6.57. The Labute approximate surface area is 275 Å². The molecule has 222 valence electrons. The lowest BCUT2D eigenvalue weighted by Crippen LogP contribution is -2.14. The summed E-state index contributed by atoms with van der Waals surface area (Å²) in [5.74, 6) is 1.91. The molecule has 0 atom stereocenters. The summed E-state index contributed by atoms with van der Waals surface area (Å²) in [6, 6.07) is 44.7. The van der Waals surface area contributed by atoms with Crippen LogP contribution in [0.2, 0.25) is 0 Å². The third kappa shape index (κ3) is 3.90. The van der Waals surface area contributed by atoms with Crippen LogP contribution in [0.1, 0.15) is 25.0 Å². The summed E-state index contributed by atoms with van der Waals surface area (Å²) in [4.78, 5) is 15.3. The number of nitrogens with zero attached hydrogens (tertiary/aromatic N) is 3. The number of rotatable bonds is 3. The number of benzene rings is 6. The Morgan fingerprint density at radius 2 is 1.21 bits per heavy atom. The minimum absolute atomic E-state index is 0.107. The van der Waals surface area contributed by atoms with Crippen LogP contribution in [-0.4, -0.2) is 15.0 Å². The lowest BCUT2D eigenvalue weighted by molar-refractivity contribution is 0.647. The summed E-state index contributed by atoms with van der Waals surface area (Å²) in [5, 5.41) is 4.55. The van der Waals surface area contributed by atoms with E-state index >= 15 is 0 Å². The molecule has 0 fully saturated rings. The van der Waals surface area contributed by atoms with Crippen LogP contribution in [0.4, 0.5) is 0 Å². The molecule has 5 heteroatoms. The second kappa shape index (κ2) is 9.68.